The molecule has 2 heterocycles. The van der Waals surface area contributed by atoms with Crippen LogP contribution in [0.25, 0.3) is 0 Å². The molecule has 0 N–H and O–H groups in total. The molecule has 1 unspecified atom stereocenters. The Bertz CT molecular complexity index is 911. The second-order valence-corrected chi connectivity index (χ2v) is 9.23. The van der Waals surface area contributed by atoms with E-state index in [-0.39, 0.29) is 23.3 Å². The summed E-state index contributed by atoms with van der Waals surface area (Å²) in [5, 5.41) is 0. The minimum Gasteiger partial charge on any atom is -0.368 e. The van der Waals surface area contributed by atoms with E-state index in [1.807, 2.05) is 35.2 Å². The van der Waals surface area contributed by atoms with Crippen LogP contribution in [0, 0.1) is 0 Å². The molecule has 5 nitrogen and oxygen atoms in total. The van der Waals surface area contributed by atoms with Crippen LogP contribution in [0.1, 0.15) is 39.2 Å². The molecule has 30 heavy (non-hydrogen) atoms. The van der Waals surface area contributed by atoms with Crippen molar-refractivity contribution in [2.45, 2.75) is 45.1 Å². The van der Waals surface area contributed by atoms with Gasteiger partial charge in [0.1, 0.15) is 6.04 Å². The van der Waals surface area contributed by atoms with Crippen molar-refractivity contribution < 1.29 is 9.59 Å². The van der Waals surface area contributed by atoms with Gasteiger partial charge in [0.25, 0.3) is 0 Å². The monoisotopic (exact) mass is 405 g/mol. The maximum Gasteiger partial charge on any atom is 0.245 e. The van der Waals surface area contributed by atoms with E-state index < -0.39 is 0 Å². The van der Waals surface area contributed by atoms with Gasteiger partial charge in [-0.05, 0) is 35.6 Å². The highest BCUT2D eigenvalue weighted by atomic mass is 16.2. The van der Waals surface area contributed by atoms with E-state index >= 15 is 0 Å². The quantitative estimate of drug-likeness (QED) is 0.780. The highest BCUT2D eigenvalue weighted by Crippen LogP contribution is 2.33. The van der Waals surface area contributed by atoms with Crippen molar-refractivity contribution in [1.82, 2.24) is 4.90 Å². The zero-order valence-corrected chi connectivity index (χ0v) is 18.2. The Morgan fingerprint density at radius 2 is 1.53 bits per heavy atom. The second kappa shape index (κ2) is 8.13. The van der Waals surface area contributed by atoms with Crippen LogP contribution in [0.2, 0.25) is 0 Å². The molecule has 2 saturated heterocycles. The molecule has 5 heteroatoms. The van der Waals surface area contributed by atoms with Gasteiger partial charge in [-0.1, -0.05) is 57.2 Å². The molecule has 2 aliphatic rings. The third-order valence-electron chi connectivity index (χ3n) is 6.18. The summed E-state index contributed by atoms with van der Waals surface area (Å²) >= 11 is 0. The van der Waals surface area contributed by atoms with E-state index in [2.05, 4.69) is 49.9 Å². The molecule has 1 atom stereocenters. The summed E-state index contributed by atoms with van der Waals surface area (Å²) in [4.78, 5) is 31.8. The lowest BCUT2D eigenvalue weighted by molar-refractivity contribution is -0.133. The number of hydrogen-bond acceptors (Lipinski definition) is 3. The van der Waals surface area contributed by atoms with Gasteiger partial charge in [0, 0.05) is 44.0 Å². The van der Waals surface area contributed by atoms with Gasteiger partial charge >= 0.3 is 0 Å². The van der Waals surface area contributed by atoms with Crippen LogP contribution in [0.5, 0.6) is 0 Å². The lowest BCUT2D eigenvalue weighted by atomic mass is 9.85. The fraction of sp³-hybridized carbons (Fsp3) is 0.440. The average Bonchev–Trinajstić information content (AvgIpc) is 3.15. The summed E-state index contributed by atoms with van der Waals surface area (Å²) in [6.45, 7) is 9.70. The maximum absolute atomic E-state index is 13.3. The van der Waals surface area contributed by atoms with Crippen molar-refractivity contribution in [2.75, 3.05) is 36.0 Å². The summed E-state index contributed by atoms with van der Waals surface area (Å²) in [5.74, 6) is 0.116. The first-order valence-electron chi connectivity index (χ1n) is 10.9. The van der Waals surface area contributed by atoms with Crippen LogP contribution in [-0.4, -0.2) is 48.9 Å². The Kier molecular flexibility index (Phi) is 5.54. The summed E-state index contributed by atoms with van der Waals surface area (Å²) < 4.78 is 0. The maximum atomic E-state index is 13.3. The Balaban J connectivity index is 1.46. The van der Waals surface area contributed by atoms with Gasteiger partial charge in [-0.25, -0.2) is 0 Å². The van der Waals surface area contributed by atoms with E-state index in [4.69, 9.17) is 0 Å². The molecule has 2 fully saturated rings. The fourth-order valence-electron chi connectivity index (χ4n) is 4.59. The third kappa shape index (κ3) is 3.93. The number of carbonyl (C=O) groups excluding carboxylic acids is 2. The first kappa shape index (κ1) is 20.5. The predicted octanol–water partition coefficient (Wildman–Crippen LogP) is 3.83. The number of hydrogen-bond donors (Lipinski definition) is 0. The second-order valence-electron chi connectivity index (χ2n) is 9.23. The lowest BCUT2D eigenvalue weighted by Gasteiger charge is -2.40. The van der Waals surface area contributed by atoms with Crippen LogP contribution in [0.3, 0.4) is 0 Å². The molecule has 0 radical (unpaired) electrons. The molecule has 2 aromatic rings. The lowest BCUT2D eigenvalue weighted by Crippen LogP contribution is -2.54. The van der Waals surface area contributed by atoms with Crippen molar-refractivity contribution in [3.8, 4) is 0 Å². The zero-order valence-electron chi connectivity index (χ0n) is 18.2. The van der Waals surface area contributed by atoms with Crippen LogP contribution in [0.15, 0.2) is 54.6 Å². The van der Waals surface area contributed by atoms with E-state index in [1.165, 1.54) is 11.3 Å². The number of para-hydroxylation sites is 2. The van der Waals surface area contributed by atoms with E-state index in [1.54, 1.807) is 4.90 Å². The Labute approximate surface area is 179 Å². The largest absolute Gasteiger partial charge is 0.368 e. The number of nitrogens with zero attached hydrogens (tertiary/aromatic N) is 3. The summed E-state index contributed by atoms with van der Waals surface area (Å²) in [6, 6.07) is 17.8. The molecule has 0 aromatic heterocycles. The Hall–Kier alpha value is -2.82. The summed E-state index contributed by atoms with van der Waals surface area (Å²) in [6.07, 6.45) is 1.03. The normalized spacial score (nSPS) is 20.0. The van der Waals surface area contributed by atoms with Gasteiger partial charge in [-0.3, -0.25) is 14.5 Å². The van der Waals surface area contributed by atoms with Gasteiger partial charge in [0.15, 0.2) is 0 Å². The van der Waals surface area contributed by atoms with Crippen molar-refractivity contribution in [3.63, 3.8) is 0 Å². The van der Waals surface area contributed by atoms with Crippen LogP contribution >= 0.6 is 0 Å². The first-order chi connectivity index (χ1) is 14.4. The number of rotatable bonds is 3. The Morgan fingerprint density at radius 3 is 2.20 bits per heavy atom. The van der Waals surface area contributed by atoms with Crippen molar-refractivity contribution >= 4 is 23.2 Å². The third-order valence-corrected chi connectivity index (χ3v) is 6.18. The van der Waals surface area contributed by atoms with Gasteiger partial charge in [0.05, 0.1) is 0 Å². The van der Waals surface area contributed by atoms with Crippen molar-refractivity contribution in [3.05, 3.63) is 60.2 Å². The van der Waals surface area contributed by atoms with E-state index in [9.17, 15) is 9.59 Å². The van der Waals surface area contributed by atoms with Crippen molar-refractivity contribution in [2.24, 2.45) is 0 Å². The van der Waals surface area contributed by atoms with Crippen LogP contribution < -0.4 is 9.80 Å². The van der Waals surface area contributed by atoms with Gasteiger partial charge in [-0.15, -0.1) is 0 Å². The molecule has 2 aromatic carbocycles. The predicted molar refractivity (Wildman–Crippen MR) is 121 cm³/mol. The molecule has 0 saturated carbocycles. The molecular weight excluding hydrogens is 374 g/mol. The average molecular weight is 406 g/mol. The standard InChI is InChI=1S/C25H31N3O2/c1-25(2,3)20-11-7-8-12-21(20)26-15-17-27(18-16-26)24(30)22-13-14-23(29)28(22)19-9-5-4-6-10-19/h4-12,22H,13-18H2,1-3H3. The topological polar surface area (TPSA) is 43.9 Å². The molecule has 0 aliphatic carbocycles. The minimum absolute atomic E-state index is 0.0392. The number of benzene rings is 2. The first-order valence-corrected chi connectivity index (χ1v) is 10.9. The molecular formula is C25H31N3O2. The molecule has 2 aliphatic heterocycles. The Morgan fingerprint density at radius 1 is 0.900 bits per heavy atom. The van der Waals surface area contributed by atoms with Crippen molar-refractivity contribution in [1.29, 1.82) is 0 Å². The molecule has 2 amide bonds. The zero-order chi connectivity index (χ0) is 21.3. The van der Waals surface area contributed by atoms with Crippen LogP contribution in [0.4, 0.5) is 11.4 Å². The van der Waals surface area contributed by atoms with E-state index in [0.29, 0.717) is 25.9 Å². The molecule has 4 rings (SSSR count). The number of anilines is 2. The highest BCUT2D eigenvalue weighted by molar-refractivity contribution is 6.03. The van der Waals surface area contributed by atoms with E-state index in [0.717, 1.165) is 18.8 Å². The van der Waals surface area contributed by atoms with Gasteiger partial charge < -0.3 is 9.80 Å². The van der Waals surface area contributed by atoms with Gasteiger partial charge in [-0.2, -0.15) is 0 Å². The summed E-state index contributed by atoms with van der Waals surface area (Å²) in [7, 11) is 0. The van der Waals surface area contributed by atoms with Crippen LogP contribution in [-0.2, 0) is 15.0 Å². The smallest absolute Gasteiger partial charge is 0.245 e. The number of piperazine rings is 1. The SMILES string of the molecule is CC(C)(C)c1ccccc1N1CCN(C(=O)C2CCC(=O)N2c2ccccc2)CC1. The molecule has 158 valence electrons. The molecule has 0 bridgehead atoms. The molecule has 0 spiro atoms. The van der Waals surface area contributed by atoms with Gasteiger partial charge in [0.2, 0.25) is 11.8 Å². The minimum atomic E-state index is -0.381. The number of amides is 2. The summed E-state index contributed by atoms with van der Waals surface area (Å²) in [5.41, 5.74) is 3.49. The highest BCUT2D eigenvalue weighted by Gasteiger charge is 2.39. The number of carbonyl (C=O) groups is 2. The fourth-order valence-corrected chi connectivity index (χ4v) is 4.59.